The SMILES string of the molecule is CNS(=O)(=O)c1ccc(C(=O)Nc2nccs2)cc1. The number of nitrogens with one attached hydrogen (secondary N) is 2. The van der Waals surface area contributed by atoms with Gasteiger partial charge in [-0.1, -0.05) is 0 Å². The van der Waals surface area contributed by atoms with Crippen LogP contribution in [0.1, 0.15) is 10.4 Å². The van der Waals surface area contributed by atoms with Gasteiger partial charge in [-0.3, -0.25) is 10.1 Å². The number of hydrogen-bond acceptors (Lipinski definition) is 5. The molecule has 1 aromatic heterocycles. The summed E-state index contributed by atoms with van der Waals surface area (Å²) in [4.78, 5) is 15.9. The lowest BCUT2D eigenvalue weighted by molar-refractivity contribution is 0.102. The largest absolute Gasteiger partial charge is 0.298 e. The van der Waals surface area contributed by atoms with E-state index in [9.17, 15) is 13.2 Å². The first-order chi connectivity index (χ1) is 9.03. The van der Waals surface area contributed by atoms with Crippen LogP contribution in [-0.2, 0) is 10.0 Å². The van der Waals surface area contributed by atoms with Crippen molar-refractivity contribution < 1.29 is 13.2 Å². The van der Waals surface area contributed by atoms with Gasteiger partial charge in [0.25, 0.3) is 5.91 Å². The summed E-state index contributed by atoms with van der Waals surface area (Å²) in [6.45, 7) is 0. The molecule has 2 N–H and O–H groups in total. The molecule has 0 unspecified atom stereocenters. The summed E-state index contributed by atoms with van der Waals surface area (Å²) < 4.78 is 25.2. The van der Waals surface area contributed by atoms with E-state index in [-0.39, 0.29) is 10.8 Å². The quantitative estimate of drug-likeness (QED) is 0.890. The van der Waals surface area contributed by atoms with Gasteiger partial charge in [-0.05, 0) is 31.3 Å². The maximum Gasteiger partial charge on any atom is 0.257 e. The fraction of sp³-hybridized carbons (Fsp3) is 0.0909. The molecule has 0 spiro atoms. The molecule has 0 bridgehead atoms. The average Bonchev–Trinajstić information content (AvgIpc) is 2.91. The predicted octanol–water partition coefficient (Wildman–Crippen LogP) is 1.30. The van der Waals surface area contributed by atoms with Gasteiger partial charge < -0.3 is 0 Å². The molecular formula is C11H11N3O3S2. The Labute approximate surface area is 114 Å². The van der Waals surface area contributed by atoms with E-state index in [1.54, 1.807) is 11.6 Å². The van der Waals surface area contributed by atoms with Crippen LogP contribution in [0.15, 0.2) is 40.7 Å². The van der Waals surface area contributed by atoms with E-state index in [4.69, 9.17) is 0 Å². The van der Waals surface area contributed by atoms with Crippen LogP contribution >= 0.6 is 11.3 Å². The van der Waals surface area contributed by atoms with Crippen molar-refractivity contribution in [3.63, 3.8) is 0 Å². The van der Waals surface area contributed by atoms with E-state index in [2.05, 4.69) is 15.0 Å². The zero-order valence-electron chi connectivity index (χ0n) is 9.95. The molecule has 0 aliphatic heterocycles. The standard InChI is InChI=1S/C11H11N3O3S2/c1-12-19(16,17)9-4-2-8(3-5-9)10(15)14-11-13-6-7-18-11/h2-7,12H,1H3,(H,13,14,15). The van der Waals surface area contributed by atoms with Crippen molar-refractivity contribution >= 4 is 32.4 Å². The molecule has 0 aliphatic rings. The van der Waals surface area contributed by atoms with Crippen molar-refractivity contribution in [2.45, 2.75) is 4.90 Å². The molecule has 1 heterocycles. The van der Waals surface area contributed by atoms with Crippen LogP contribution in [0.25, 0.3) is 0 Å². The third-order valence-electron chi connectivity index (χ3n) is 2.35. The Morgan fingerprint density at radius 2 is 1.95 bits per heavy atom. The fourth-order valence-corrected chi connectivity index (χ4v) is 2.61. The second-order valence-electron chi connectivity index (χ2n) is 3.52. The number of benzene rings is 1. The van der Waals surface area contributed by atoms with Crippen molar-refractivity contribution in [2.24, 2.45) is 0 Å². The molecule has 1 amide bonds. The zero-order valence-corrected chi connectivity index (χ0v) is 11.6. The minimum Gasteiger partial charge on any atom is -0.298 e. The number of carbonyl (C=O) groups excluding carboxylic acids is 1. The van der Waals surface area contributed by atoms with Crippen molar-refractivity contribution in [2.75, 3.05) is 12.4 Å². The van der Waals surface area contributed by atoms with E-state index in [0.717, 1.165) is 0 Å². The molecule has 0 radical (unpaired) electrons. The Morgan fingerprint density at radius 3 is 2.47 bits per heavy atom. The van der Waals surface area contributed by atoms with Gasteiger partial charge in [-0.25, -0.2) is 18.1 Å². The predicted molar refractivity (Wildman–Crippen MR) is 72.8 cm³/mol. The van der Waals surface area contributed by atoms with Gasteiger partial charge in [0.15, 0.2) is 5.13 Å². The summed E-state index contributed by atoms with van der Waals surface area (Å²) in [5, 5.41) is 4.86. The van der Waals surface area contributed by atoms with Crippen LogP contribution in [0.2, 0.25) is 0 Å². The first kappa shape index (κ1) is 13.7. The van der Waals surface area contributed by atoms with Gasteiger partial charge in [-0.15, -0.1) is 11.3 Å². The van der Waals surface area contributed by atoms with Crippen molar-refractivity contribution in [1.82, 2.24) is 9.71 Å². The number of nitrogens with zero attached hydrogens (tertiary/aromatic N) is 1. The van der Waals surface area contributed by atoms with Crippen LogP contribution in [0.5, 0.6) is 0 Å². The van der Waals surface area contributed by atoms with Crippen LogP contribution in [0.4, 0.5) is 5.13 Å². The minimum atomic E-state index is -3.48. The molecule has 100 valence electrons. The number of carbonyl (C=O) groups is 1. The maximum absolute atomic E-state index is 11.8. The third kappa shape index (κ3) is 3.16. The molecule has 0 saturated carbocycles. The summed E-state index contributed by atoms with van der Waals surface area (Å²) in [5.74, 6) is -0.330. The molecular weight excluding hydrogens is 286 g/mol. The summed E-state index contributed by atoms with van der Waals surface area (Å²) in [5.41, 5.74) is 0.366. The first-order valence-corrected chi connectivity index (χ1v) is 7.63. The smallest absolute Gasteiger partial charge is 0.257 e. The first-order valence-electron chi connectivity index (χ1n) is 5.27. The molecule has 2 aromatic rings. The number of anilines is 1. The molecule has 8 heteroatoms. The topological polar surface area (TPSA) is 88.2 Å². The van der Waals surface area contributed by atoms with E-state index >= 15 is 0 Å². The van der Waals surface area contributed by atoms with Crippen LogP contribution in [0, 0.1) is 0 Å². The minimum absolute atomic E-state index is 0.112. The Kier molecular flexibility index (Phi) is 3.93. The van der Waals surface area contributed by atoms with E-state index in [1.807, 2.05) is 0 Å². The lowest BCUT2D eigenvalue weighted by atomic mass is 10.2. The molecule has 19 heavy (non-hydrogen) atoms. The van der Waals surface area contributed by atoms with Crippen LogP contribution in [-0.4, -0.2) is 26.4 Å². The number of aromatic nitrogens is 1. The van der Waals surface area contributed by atoms with Crippen molar-refractivity contribution in [1.29, 1.82) is 0 Å². The highest BCUT2D eigenvalue weighted by Gasteiger charge is 2.13. The lowest BCUT2D eigenvalue weighted by Crippen LogP contribution is -2.19. The molecule has 2 rings (SSSR count). The third-order valence-corrected chi connectivity index (χ3v) is 4.47. The highest BCUT2D eigenvalue weighted by atomic mass is 32.2. The molecule has 6 nitrogen and oxygen atoms in total. The number of rotatable bonds is 4. The number of amides is 1. The molecule has 0 aliphatic carbocycles. The number of thiazole rings is 1. The second-order valence-corrected chi connectivity index (χ2v) is 6.30. The second kappa shape index (κ2) is 5.47. The van der Waals surface area contributed by atoms with E-state index in [0.29, 0.717) is 10.7 Å². The van der Waals surface area contributed by atoms with Gasteiger partial charge in [0.1, 0.15) is 0 Å². The van der Waals surface area contributed by atoms with Crippen molar-refractivity contribution in [3.05, 3.63) is 41.4 Å². The van der Waals surface area contributed by atoms with E-state index in [1.165, 1.54) is 42.6 Å². The van der Waals surface area contributed by atoms with Crippen LogP contribution < -0.4 is 10.0 Å². The Balaban J connectivity index is 2.17. The van der Waals surface area contributed by atoms with Gasteiger partial charge in [0.2, 0.25) is 10.0 Å². The Hall–Kier alpha value is -1.77. The Bertz CT molecular complexity index is 664. The van der Waals surface area contributed by atoms with Gasteiger partial charge in [0, 0.05) is 17.1 Å². The molecule has 0 atom stereocenters. The highest BCUT2D eigenvalue weighted by Crippen LogP contribution is 2.14. The van der Waals surface area contributed by atoms with Crippen molar-refractivity contribution in [3.8, 4) is 0 Å². The molecule has 0 fully saturated rings. The van der Waals surface area contributed by atoms with Gasteiger partial charge in [-0.2, -0.15) is 0 Å². The van der Waals surface area contributed by atoms with E-state index < -0.39 is 10.0 Å². The van der Waals surface area contributed by atoms with Gasteiger partial charge in [0.05, 0.1) is 4.90 Å². The average molecular weight is 297 g/mol. The summed E-state index contributed by atoms with van der Waals surface area (Å²) in [6.07, 6.45) is 1.59. The number of hydrogen-bond donors (Lipinski definition) is 2. The summed E-state index contributed by atoms with van der Waals surface area (Å²) in [7, 11) is -2.15. The number of sulfonamides is 1. The maximum atomic E-state index is 11.8. The van der Waals surface area contributed by atoms with Crippen LogP contribution in [0.3, 0.4) is 0 Å². The van der Waals surface area contributed by atoms with Gasteiger partial charge >= 0.3 is 0 Å². The summed E-state index contributed by atoms with van der Waals surface area (Å²) in [6, 6.07) is 5.66. The highest BCUT2D eigenvalue weighted by molar-refractivity contribution is 7.89. The normalized spacial score (nSPS) is 11.2. The monoisotopic (exact) mass is 297 g/mol. The Morgan fingerprint density at radius 1 is 1.26 bits per heavy atom. The fourth-order valence-electron chi connectivity index (χ4n) is 1.36. The lowest BCUT2D eigenvalue weighted by Gasteiger charge is -2.04. The summed E-state index contributed by atoms with van der Waals surface area (Å²) >= 11 is 1.31. The zero-order chi connectivity index (χ0) is 13.9. The molecule has 0 saturated heterocycles. The molecule has 1 aromatic carbocycles.